The summed E-state index contributed by atoms with van der Waals surface area (Å²) in [5.74, 6) is 1.90. The van der Waals surface area contributed by atoms with Gasteiger partial charge in [0.05, 0.1) is 19.3 Å². The standard InChI is InChI=1S/C25H32N4O2/c1-16-8-9-26-23(14-16)27-24-17(2)25(19-4-5-19)29(18(3)30)22-7-6-20(15-21(22)24)28-10-12-31-13-11-28/h6-9,14-15,17,19,24-25H,4-5,10-13H2,1-3H3,(H,26,27)/t17-,24?,25?/m1/s1. The first-order valence-corrected chi connectivity index (χ1v) is 11.5. The number of fused-ring (bicyclic) bond motifs is 1. The van der Waals surface area contributed by atoms with Crippen molar-refractivity contribution in [3.8, 4) is 0 Å². The minimum absolute atomic E-state index is 0.103. The number of pyridine rings is 1. The normalized spacial score (nSPS) is 25.8. The third kappa shape index (κ3) is 3.89. The molecule has 0 radical (unpaired) electrons. The van der Waals surface area contributed by atoms with Gasteiger partial charge >= 0.3 is 0 Å². The summed E-state index contributed by atoms with van der Waals surface area (Å²) in [5.41, 5.74) is 4.62. The van der Waals surface area contributed by atoms with Crippen LogP contribution in [0.4, 0.5) is 17.2 Å². The molecule has 1 aromatic carbocycles. The number of carbonyl (C=O) groups is 1. The molecule has 2 unspecified atom stereocenters. The quantitative estimate of drug-likeness (QED) is 0.805. The van der Waals surface area contributed by atoms with Gasteiger partial charge in [-0.25, -0.2) is 4.98 Å². The molecule has 3 heterocycles. The van der Waals surface area contributed by atoms with Gasteiger partial charge in [0.15, 0.2) is 0 Å². The van der Waals surface area contributed by atoms with Gasteiger partial charge in [-0.05, 0) is 61.6 Å². The minimum atomic E-state index is 0.103. The van der Waals surface area contributed by atoms with Crippen LogP contribution in [0.3, 0.4) is 0 Å². The van der Waals surface area contributed by atoms with E-state index in [4.69, 9.17) is 4.74 Å². The molecule has 1 aliphatic carbocycles. The third-order valence-electron chi connectivity index (χ3n) is 7.01. The molecule has 1 amide bonds. The molecule has 1 saturated carbocycles. The van der Waals surface area contributed by atoms with E-state index in [2.05, 4.69) is 58.2 Å². The molecule has 1 aromatic heterocycles. The zero-order valence-corrected chi connectivity index (χ0v) is 18.7. The molecule has 1 N–H and O–H groups in total. The maximum absolute atomic E-state index is 12.8. The largest absolute Gasteiger partial charge is 0.378 e. The van der Waals surface area contributed by atoms with Crippen molar-refractivity contribution in [3.05, 3.63) is 47.7 Å². The topological polar surface area (TPSA) is 57.7 Å². The molecule has 3 atom stereocenters. The second-order valence-electron chi connectivity index (χ2n) is 9.26. The fraction of sp³-hybridized carbons (Fsp3) is 0.520. The average molecular weight is 421 g/mol. The summed E-state index contributed by atoms with van der Waals surface area (Å²) < 4.78 is 5.54. The van der Waals surface area contributed by atoms with E-state index in [1.165, 1.54) is 29.7 Å². The molecule has 2 fully saturated rings. The van der Waals surface area contributed by atoms with Crippen molar-refractivity contribution in [2.45, 2.75) is 45.7 Å². The van der Waals surface area contributed by atoms with Gasteiger partial charge in [-0.2, -0.15) is 0 Å². The number of nitrogens with zero attached hydrogens (tertiary/aromatic N) is 3. The van der Waals surface area contributed by atoms with Crippen LogP contribution < -0.4 is 15.1 Å². The maximum atomic E-state index is 12.8. The monoisotopic (exact) mass is 420 g/mol. The van der Waals surface area contributed by atoms with E-state index >= 15 is 0 Å². The number of rotatable bonds is 4. The smallest absolute Gasteiger partial charge is 0.224 e. The van der Waals surface area contributed by atoms with Crippen LogP contribution in [0, 0.1) is 18.8 Å². The van der Waals surface area contributed by atoms with E-state index in [1.54, 1.807) is 6.92 Å². The Morgan fingerprint density at radius 1 is 1.16 bits per heavy atom. The fourth-order valence-corrected chi connectivity index (χ4v) is 5.35. The van der Waals surface area contributed by atoms with Crippen molar-refractivity contribution in [1.29, 1.82) is 0 Å². The number of benzene rings is 1. The summed E-state index contributed by atoms with van der Waals surface area (Å²) >= 11 is 0. The fourth-order valence-electron chi connectivity index (χ4n) is 5.35. The van der Waals surface area contributed by atoms with Crippen LogP contribution in [0.1, 0.15) is 43.9 Å². The van der Waals surface area contributed by atoms with Gasteiger partial charge in [-0.1, -0.05) is 6.92 Å². The number of carbonyl (C=O) groups excluding carboxylic acids is 1. The first-order valence-electron chi connectivity index (χ1n) is 11.5. The second kappa shape index (κ2) is 8.15. The maximum Gasteiger partial charge on any atom is 0.224 e. The molecule has 2 aliphatic heterocycles. The van der Waals surface area contributed by atoms with Crippen LogP contribution in [-0.4, -0.2) is 43.2 Å². The van der Waals surface area contributed by atoms with E-state index in [0.29, 0.717) is 5.92 Å². The molecule has 0 spiro atoms. The molecule has 3 aliphatic rings. The Hall–Kier alpha value is -2.60. The summed E-state index contributed by atoms with van der Waals surface area (Å²) in [6.45, 7) is 9.39. The molecule has 31 heavy (non-hydrogen) atoms. The van der Waals surface area contributed by atoms with Crippen LogP contribution in [-0.2, 0) is 9.53 Å². The Morgan fingerprint density at radius 3 is 2.61 bits per heavy atom. The van der Waals surface area contributed by atoms with Crippen LogP contribution >= 0.6 is 0 Å². The molecule has 0 bridgehead atoms. The van der Waals surface area contributed by atoms with Crippen molar-refractivity contribution in [1.82, 2.24) is 4.98 Å². The Labute approximate surface area is 184 Å². The first-order chi connectivity index (χ1) is 15.0. The lowest BCUT2D eigenvalue weighted by molar-refractivity contribution is -0.117. The number of hydrogen-bond acceptors (Lipinski definition) is 5. The Bertz CT molecular complexity index is 968. The highest BCUT2D eigenvalue weighted by Crippen LogP contribution is 2.50. The summed E-state index contributed by atoms with van der Waals surface area (Å²) in [6.07, 6.45) is 4.27. The predicted octanol–water partition coefficient (Wildman–Crippen LogP) is 4.16. The van der Waals surface area contributed by atoms with Crippen molar-refractivity contribution in [2.75, 3.05) is 41.4 Å². The first kappa shape index (κ1) is 20.3. The van der Waals surface area contributed by atoms with Crippen LogP contribution in [0.2, 0.25) is 0 Å². The summed E-state index contributed by atoms with van der Waals surface area (Å²) in [6, 6.07) is 11.0. The summed E-state index contributed by atoms with van der Waals surface area (Å²) in [7, 11) is 0. The van der Waals surface area contributed by atoms with Gasteiger partial charge in [0.2, 0.25) is 5.91 Å². The van der Waals surface area contributed by atoms with Crippen molar-refractivity contribution >= 4 is 23.1 Å². The number of morpholine rings is 1. The number of aromatic nitrogens is 1. The van der Waals surface area contributed by atoms with Gasteiger partial charge < -0.3 is 19.9 Å². The molecule has 1 saturated heterocycles. The van der Waals surface area contributed by atoms with Gasteiger partial charge in [-0.3, -0.25) is 4.79 Å². The number of hydrogen-bond donors (Lipinski definition) is 1. The Kier molecular flexibility index (Phi) is 5.34. The lowest BCUT2D eigenvalue weighted by Gasteiger charge is -2.46. The molecular weight excluding hydrogens is 388 g/mol. The lowest BCUT2D eigenvalue weighted by Crippen LogP contribution is -2.51. The van der Waals surface area contributed by atoms with Gasteiger partial charge in [0, 0.05) is 55.1 Å². The zero-order valence-electron chi connectivity index (χ0n) is 18.7. The molecular formula is C25H32N4O2. The SMILES string of the molecule is CC(=O)N1c2ccc(N3CCOCC3)cc2C(Nc2cc(C)ccn2)[C@@H](C)C1C1CC1. The number of anilines is 3. The van der Waals surface area contributed by atoms with Crippen LogP contribution in [0.15, 0.2) is 36.5 Å². The summed E-state index contributed by atoms with van der Waals surface area (Å²) in [5, 5.41) is 3.74. The van der Waals surface area contributed by atoms with E-state index in [-0.39, 0.29) is 23.9 Å². The molecule has 164 valence electrons. The predicted molar refractivity (Wildman–Crippen MR) is 124 cm³/mol. The number of aryl methyl sites for hydroxylation is 1. The average Bonchev–Trinajstić information content (AvgIpc) is 3.60. The van der Waals surface area contributed by atoms with Crippen molar-refractivity contribution in [2.24, 2.45) is 11.8 Å². The Balaban J connectivity index is 1.58. The number of amides is 1. The molecule has 6 nitrogen and oxygen atoms in total. The second-order valence-corrected chi connectivity index (χ2v) is 9.26. The van der Waals surface area contributed by atoms with Crippen LogP contribution in [0.5, 0.6) is 0 Å². The van der Waals surface area contributed by atoms with E-state index < -0.39 is 0 Å². The van der Waals surface area contributed by atoms with Gasteiger partial charge in [-0.15, -0.1) is 0 Å². The third-order valence-corrected chi connectivity index (χ3v) is 7.01. The van der Waals surface area contributed by atoms with E-state index in [9.17, 15) is 4.79 Å². The Morgan fingerprint density at radius 2 is 1.94 bits per heavy atom. The van der Waals surface area contributed by atoms with Crippen molar-refractivity contribution < 1.29 is 9.53 Å². The number of nitrogens with one attached hydrogen (secondary N) is 1. The molecule has 2 aromatic rings. The minimum Gasteiger partial charge on any atom is -0.378 e. The summed E-state index contributed by atoms with van der Waals surface area (Å²) in [4.78, 5) is 21.8. The highest BCUT2D eigenvalue weighted by atomic mass is 16.5. The molecule has 5 rings (SSSR count). The van der Waals surface area contributed by atoms with Crippen LogP contribution in [0.25, 0.3) is 0 Å². The highest BCUT2D eigenvalue weighted by molar-refractivity contribution is 5.94. The van der Waals surface area contributed by atoms with Crippen molar-refractivity contribution in [3.63, 3.8) is 0 Å². The lowest BCUT2D eigenvalue weighted by atomic mass is 9.79. The van der Waals surface area contributed by atoms with Gasteiger partial charge in [0.1, 0.15) is 5.82 Å². The zero-order chi connectivity index (χ0) is 21.5. The number of ether oxygens (including phenoxy) is 1. The van der Waals surface area contributed by atoms with E-state index in [0.717, 1.165) is 37.8 Å². The molecule has 6 heteroatoms. The van der Waals surface area contributed by atoms with E-state index in [1.807, 2.05) is 12.3 Å². The van der Waals surface area contributed by atoms with Gasteiger partial charge in [0.25, 0.3) is 0 Å². The highest BCUT2D eigenvalue weighted by Gasteiger charge is 2.47.